The minimum atomic E-state index is -3.01. The zero-order chi connectivity index (χ0) is 10.2. The molecule has 1 saturated carbocycles. The quantitative estimate of drug-likeness (QED) is 0.749. The molecule has 0 bridgehead atoms. The molecule has 0 radical (unpaired) electrons. The van der Waals surface area contributed by atoms with Gasteiger partial charge in [0.2, 0.25) is 11.7 Å². The maximum absolute atomic E-state index is 12.8. The lowest BCUT2D eigenvalue weighted by Crippen LogP contribution is -2.13. The minimum absolute atomic E-state index is 0.156. The van der Waals surface area contributed by atoms with Crippen molar-refractivity contribution >= 4 is 0 Å². The largest absolute Gasteiger partial charge is 0.474 e. The molecular formula is C9H10F2N2O. The number of rotatable bonds is 3. The van der Waals surface area contributed by atoms with Crippen LogP contribution in [0, 0.1) is 0 Å². The van der Waals surface area contributed by atoms with Crippen LogP contribution in [0.5, 0.6) is 5.88 Å². The topological polar surface area (TPSA) is 35.0 Å². The molecule has 1 heterocycles. The smallest absolute Gasteiger partial charge is 0.303 e. The maximum Gasteiger partial charge on any atom is 0.303 e. The second-order valence-corrected chi connectivity index (χ2v) is 3.42. The molecule has 0 atom stereocenters. The predicted octanol–water partition coefficient (Wildman–Crippen LogP) is 2.13. The second-order valence-electron chi connectivity index (χ2n) is 3.42. The molecule has 0 N–H and O–H groups in total. The van der Waals surface area contributed by atoms with Gasteiger partial charge in [-0.2, -0.15) is 13.8 Å². The minimum Gasteiger partial charge on any atom is -0.474 e. The third-order valence-electron chi connectivity index (χ3n) is 1.83. The van der Waals surface area contributed by atoms with Crippen molar-refractivity contribution in [1.82, 2.24) is 9.97 Å². The fraction of sp³-hybridized carbons (Fsp3) is 0.556. The summed E-state index contributed by atoms with van der Waals surface area (Å²) in [6.07, 6.45) is 3.39. The average molecular weight is 200 g/mol. The van der Waals surface area contributed by atoms with Crippen LogP contribution in [-0.2, 0) is 5.92 Å². The van der Waals surface area contributed by atoms with E-state index in [1.54, 1.807) is 0 Å². The van der Waals surface area contributed by atoms with Gasteiger partial charge in [0.05, 0.1) is 0 Å². The van der Waals surface area contributed by atoms with E-state index in [1.807, 2.05) is 0 Å². The third-order valence-corrected chi connectivity index (χ3v) is 1.83. The number of hydrogen-bond donors (Lipinski definition) is 0. The summed E-state index contributed by atoms with van der Waals surface area (Å²) < 4.78 is 30.9. The molecule has 1 aliphatic carbocycles. The monoisotopic (exact) mass is 200 g/mol. The Morgan fingerprint density at radius 2 is 2.21 bits per heavy atom. The van der Waals surface area contributed by atoms with Crippen LogP contribution in [0.3, 0.4) is 0 Å². The fourth-order valence-electron chi connectivity index (χ4n) is 0.976. The number of halogens is 2. The van der Waals surface area contributed by atoms with Gasteiger partial charge in [-0.3, -0.25) is 0 Å². The Kier molecular flexibility index (Phi) is 2.09. The Bertz CT molecular complexity index is 334. The van der Waals surface area contributed by atoms with Crippen molar-refractivity contribution in [2.45, 2.75) is 31.8 Å². The number of alkyl halides is 2. The van der Waals surface area contributed by atoms with E-state index in [2.05, 4.69) is 9.97 Å². The van der Waals surface area contributed by atoms with Crippen LogP contribution in [0.15, 0.2) is 12.3 Å². The molecule has 3 nitrogen and oxygen atoms in total. The van der Waals surface area contributed by atoms with Crippen molar-refractivity contribution < 1.29 is 13.5 Å². The van der Waals surface area contributed by atoms with Gasteiger partial charge in [-0.1, -0.05) is 0 Å². The van der Waals surface area contributed by atoms with Crippen molar-refractivity contribution in [1.29, 1.82) is 0 Å². The second kappa shape index (κ2) is 3.15. The summed E-state index contributed by atoms with van der Waals surface area (Å²) in [5.74, 6) is -3.27. The van der Waals surface area contributed by atoms with E-state index in [4.69, 9.17) is 4.74 Å². The normalized spacial score (nSPS) is 16.8. The van der Waals surface area contributed by atoms with Gasteiger partial charge < -0.3 is 4.74 Å². The van der Waals surface area contributed by atoms with Gasteiger partial charge in [-0.15, -0.1) is 0 Å². The Hall–Kier alpha value is -1.26. The van der Waals surface area contributed by atoms with E-state index in [9.17, 15) is 8.78 Å². The molecule has 0 unspecified atom stereocenters. The molecule has 1 aromatic heterocycles. The first kappa shape index (κ1) is 9.30. The molecule has 0 aliphatic heterocycles. The molecule has 2 rings (SSSR count). The summed E-state index contributed by atoms with van der Waals surface area (Å²) >= 11 is 0. The summed E-state index contributed by atoms with van der Waals surface area (Å²) in [7, 11) is 0. The number of ether oxygens (including phenoxy) is 1. The molecule has 0 spiro atoms. The van der Waals surface area contributed by atoms with Gasteiger partial charge in [0, 0.05) is 19.2 Å². The average Bonchev–Trinajstić information content (AvgIpc) is 2.87. The number of nitrogens with zero attached hydrogens (tertiary/aromatic N) is 2. The lowest BCUT2D eigenvalue weighted by Gasteiger charge is -2.09. The van der Waals surface area contributed by atoms with Crippen molar-refractivity contribution in [2.24, 2.45) is 0 Å². The van der Waals surface area contributed by atoms with Crippen molar-refractivity contribution in [2.75, 3.05) is 0 Å². The maximum atomic E-state index is 12.8. The zero-order valence-electron chi connectivity index (χ0n) is 7.70. The molecule has 76 valence electrons. The van der Waals surface area contributed by atoms with Crippen LogP contribution >= 0.6 is 0 Å². The summed E-state index contributed by atoms with van der Waals surface area (Å²) in [6.45, 7) is 0.767. The molecular weight excluding hydrogens is 190 g/mol. The lowest BCUT2D eigenvalue weighted by atomic mass is 10.3. The van der Waals surface area contributed by atoms with Crippen molar-refractivity contribution in [3.63, 3.8) is 0 Å². The van der Waals surface area contributed by atoms with Gasteiger partial charge in [0.1, 0.15) is 6.10 Å². The summed E-state index contributed by atoms with van der Waals surface area (Å²) in [4.78, 5) is 7.14. The first-order chi connectivity index (χ1) is 6.55. The molecule has 5 heteroatoms. The van der Waals surface area contributed by atoms with Crippen LogP contribution in [0.25, 0.3) is 0 Å². The standard InChI is InChI=1S/C9H10F2N2O/c1-9(10,11)8-12-5-4-7(13-8)14-6-2-3-6/h4-6H,2-3H2,1H3. The molecule has 1 aliphatic rings. The van der Waals surface area contributed by atoms with Gasteiger partial charge >= 0.3 is 5.92 Å². The van der Waals surface area contributed by atoms with Crippen LogP contribution in [-0.4, -0.2) is 16.1 Å². The van der Waals surface area contributed by atoms with Crippen LogP contribution in [0.2, 0.25) is 0 Å². The SMILES string of the molecule is CC(F)(F)c1nccc(OC2CC2)n1. The van der Waals surface area contributed by atoms with Crippen LogP contribution < -0.4 is 4.74 Å². The Labute approximate surface area is 80.1 Å². The first-order valence-corrected chi connectivity index (χ1v) is 4.44. The zero-order valence-corrected chi connectivity index (χ0v) is 7.70. The highest BCUT2D eigenvalue weighted by molar-refractivity contribution is 5.11. The lowest BCUT2D eigenvalue weighted by molar-refractivity contribution is 0.00688. The molecule has 14 heavy (non-hydrogen) atoms. The molecule has 0 saturated heterocycles. The van der Waals surface area contributed by atoms with Crippen molar-refractivity contribution in [3.8, 4) is 5.88 Å². The van der Waals surface area contributed by atoms with Crippen LogP contribution in [0.1, 0.15) is 25.6 Å². The highest BCUT2D eigenvalue weighted by Gasteiger charge is 2.29. The third kappa shape index (κ3) is 2.16. The Balaban J connectivity index is 2.17. The van der Waals surface area contributed by atoms with Gasteiger partial charge in [-0.05, 0) is 12.8 Å². The summed E-state index contributed by atoms with van der Waals surface area (Å²) in [6, 6.07) is 1.49. The Morgan fingerprint density at radius 1 is 1.50 bits per heavy atom. The van der Waals surface area contributed by atoms with E-state index in [0.717, 1.165) is 19.8 Å². The molecule has 1 fully saturated rings. The predicted molar refractivity (Wildman–Crippen MR) is 45.3 cm³/mol. The summed E-state index contributed by atoms with van der Waals surface area (Å²) in [5, 5.41) is 0. The van der Waals surface area contributed by atoms with Crippen LogP contribution in [0.4, 0.5) is 8.78 Å². The first-order valence-electron chi connectivity index (χ1n) is 4.44. The molecule has 0 aromatic carbocycles. The Morgan fingerprint density at radius 3 is 2.79 bits per heavy atom. The van der Waals surface area contributed by atoms with E-state index < -0.39 is 11.7 Å². The highest BCUT2D eigenvalue weighted by Crippen LogP contribution is 2.28. The van der Waals surface area contributed by atoms with Gasteiger partial charge in [0.25, 0.3) is 0 Å². The van der Waals surface area contributed by atoms with E-state index in [0.29, 0.717) is 0 Å². The number of aromatic nitrogens is 2. The highest BCUT2D eigenvalue weighted by atomic mass is 19.3. The van der Waals surface area contributed by atoms with Gasteiger partial charge in [0.15, 0.2) is 0 Å². The summed E-state index contributed by atoms with van der Waals surface area (Å²) in [5.41, 5.74) is 0. The van der Waals surface area contributed by atoms with E-state index in [-0.39, 0.29) is 12.0 Å². The van der Waals surface area contributed by atoms with E-state index >= 15 is 0 Å². The number of hydrogen-bond acceptors (Lipinski definition) is 3. The van der Waals surface area contributed by atoms with Gasteiger partial charge in [-0.25, -0.2) is 4.98 Å². The molecule has 0 amide bonds. The van der Waals surface area contributed by atoms with Crippen molar-refractivity contribution in [3.05, 3.63) is 18.1 Å². The fourth-order valence-corrected chi connectivity index (χ4v) is 0.976. The van der Waals surface area contributed by atoms with E-state index in [1.165, 1.54) is 12.3 Å². The molecule has 1 aromatic rings.